The van der Waals surface area contributed by atoms with Crippen LogP contribution in [0.4, 0.5) is 10.5 Å². The van der Waals surface area contributed by atoms with Crippen LogP contribution < -0.4 is 4.90 Å². The second kappa shape index (κ2) is 8.24. The fourth-order valence-corrected chi connectivity index (χ4v) is 3.68. The molecule has 1 aromatic rings. The zero-order valence-electron chi connectivity index (χ0n) is 16.4. The summed E-state index contributed by atoms with van der Waals surface area (Å²) in [4.78, 5) is 18.4. The number of para-hydroxylation sites is 1. The molecule has 2 fully saturated rings. The highest BCUT2D eigenvalue weighted by molar-refractivity contribution is 5.80. The van der Waals surface area contributed by atoms with Gasteiger partial charge in [0, 0.05) is 24.5 Å². The highest BCUT2D eigenvalue weighted by Crippen LogP contribution is 2.36. The van der Waals surface area contributed by atoms with Crippen LogP contribution in [0.15, 0.2) is 35.3 Å². The molecular weight excluding hydrogens is 324 g/mol. The first-order valence-electron chi connectivity index (χ1n) is 9.99. The van der Waals surface area contributed by atoms with E-state index in [2.05, 4.69) is 40.2 Å². The first kappa shape index (κ1) is 18.9. The molecule has 4 heteroatoms. The summed E-state index contributed by atoms with van der Waals surface area (Å²) in [6.07, 6.45) is 8.59. The first-order valence-corrected chi connectivity index (χ1v) is 9.99. The van der Waals surface area contributed by atoms with Gasteiger partial charge in [0.25, 0.3) is 0 Å². The van der Waals surface area contributed by atoms with E-state index in [1.165, 1.54) is 25.1 Å². The van der Waals surface area contributed by atoms with Gasteiger partial charge < -0.3 is 9.64 Å². The minimum Gasteiger partial charge on any atom is -0.442 e. The summed E-state index contributed by atoms with van der Waals surface area (Å²) in [6, 6.07) is 11.4. The second-order valence-corrected chi connectivity index (χ2v) is 8.76. The number of carbonyl (C=O) groups is 1. The average Bonchev–Trinajstić information content (AvgIpc) is 3.42. The molecule has 0 unspecified atom stereocenters. The van der Waals surface area contributed by atoms with E-state index in [0.29, 0.717) is 12.0 Å². The number of benzene rings is 1. The lowest BCUT2D eigenvalue weighted by molar-refractivity contribution is 0.0604. The smallest absolute Gasteiger partial charge is 0.433 e. The molecule has 0 aliphatic heterocycles. The average molecular weight is 357 g/mol. The maximum Gasteiger partial charge on any atom is 0.433 e. The number of anilines is 1. The summed E-state index contributed by atoms with van der Waals surface area (Å²) in [5.41, 5.74) is 0.871. The van der Waals surface area contributed by atoms with Crippen LogP contribution in [-0.4, -0.2) is 30.5 Å². The molecule has 0 spiro atoms. The van der Waals surface area contributed by atoms with E-state index in [0.717, 1.165) is 31.6 Å². The monoisotopic (exact) mass is 356 g/mol. The minimum atomic E-state index is -0.481. The van der Waals surface area contributed by atoms with Crippen molar-refractivity contribution in [3.05, 3.63) is 30.3 Å². The summed E-state index contributed by atoms with van der Waals surface area (Å²) >= 11 is 0. The van der Waals surface area contributed by atoms with E-state index in [9.17, 15) is 4.79 Å². The minimum absolute atomic E-state index is 0.386. The van der Waals surface area contributed by atoms with Crippen LogP contribution in [-0.2, 0) is 4.74 Å². The van der Waals surface area contributed by atoms with Crippen molar-refractivity contribution in [1.82, 2.24) is 0 Å². The van der Waals surface area contributed by atoms with Crippen molar-refractivity contribution in [2.24, 2.45) is 16.8 Å². The number of hydrogen-bond donors (Lipinski definition) is 0. The van der Waals surface area contributed by atoms with Crippen LogP contribution in [0.2, 0.25) is 0 Å². The molecule has 0 heterocycles. The Balaban J connectivity index is 1.53. The standard InChI is InChI=1S/C22H32N2O2/c1-22(2,3)26-21(25)23-15-17-11-13-20(14-12-17)24(16-18-9-10-18)19-7-5-4-6-8-19/h4-8,15,17-18,20H,9-14,16H2,1-3H3/b23-15-. The molecule has 2 saturated carbocycles. The maximum absolute atomic E-state index is 11.8. The van der Waals surface area contributed by atoms with E-state index in [-0.39, 0.29) is 0 Å². The molecular formula is C22H32N2O2. The summed E-state index contributed by atoms with van der Waals surface area (Å²) in [5, 5.41) is 0. The van der Waals surface area contributed by atoms with Gasteiger partial charge in [0.15, 0.2) is 0 Å². The third-order valence-electron chi connectivity index (χ3n) is 5.21. The number of aliphatic imine (C=N–C) groups is 1. The Bertz CT molecular complexity index is 609. The summed E-state index contributed by atoms with van der Waals surface area (Å²) < 4.78 is 5.25. The Labute approximate surface area is 157 Å². The van der Waals surface area contributed by atoms with Crippen molar-refractivity contribution in [2.45, 2.75) is 70.9 Å². The number of amides is 1. The molecule has 3 rings (SSSR count). The predicted molar refractivity (Wildman–Crippen MR) is 107 cm³/mol. The van der Waals surface area contributed by atoms with Gasteiger partial charge in [-0.3, -0.25) is 0 Å². The quantitative estimate of drug-likeness (QED) is 0.657. The Morgan fingerprint density at radius 2 is 1.77 bits per heavy atom. The Morgan fingerprint density at radius 1 is 1.12 bits per heavy atom. The molecule has 0 aromatic heterocycles. The normalized spacial score (nSPS) is 23.8. The van der Waals surface area contributed by atoms with Crippen molar-refractivity contribution in [2.75, 3.05) is 11.4 Å². The number of rotatable bonds is 5. The van der Waals surface area contributed by atoms with E-state index in [1.54, 1.807) is 0 Å². The number of nitrogens with zero attached hydrogens (tertiary/aromatic N) is 2. The fraction of sp³-hybridized carbons (Fsp3) is 0.636. The van der Waals surface area contributed by atoms with Crippen molar-refractivity contribution >= 4 is 18.0 Å². The SMILES string of the molecule is CC(C)(C)OC(=O)/N=C\C1CCC(N(CC2CC2)c2ccccc2)CC1. The topological polar surface area (TPSA) is 41.9 Å². The highest BCUT2D eigenvalue weighted by atomic mass is 16.6. The zero-order chi connectivity index (χ0) is 18.6. The zero-order valence-corrected chi connectivity index (χ0v) is 16.4. The van der Waals surface area contributed by atoms with Crippen molar-refractivity contribution in [3.8, 4) is 0 Å². The molecule has 1 aromatic carbocycles. The van der Waals surface area contributed by atoms with E-state index in [1.807, 2.05) is 27.0 Å². The molecule has 0 saturated heterocycles. The molecule has 0 radical (unpaired) electrons. The van der Waals surface area contributed by atoms with Crippen LogP contribution in [0.3, 0.4) is 0 Å². The summed E-state index contributed by atoms with van der Waals surface area (Å²) in [6.45, 7) is 6.78. The lowest BCUT2D eigenvalue weighted by Crippen LogP contribution is -2.39. The van der Waals surface area contributed by atoms with Gasteiger partial charge in [-0.25, -0.2) is 4.79 Å². The Hall–Kier alpha value is -1.84. The van der Waals surface area contributed by atoms with Gasteiger partial charge >= 0.3 is 6.09 Å². The van der Waals surface area contributed by atoms with Gasteiger partial charge in [-0.05, 0) is 83.3 Å². The highest BCUT2D eigenvalue weighted by Gasteiger charge is 2.30. The van der Waals surface area contributed by atoms with E-state index in [4.69, 9.17) is 4.74 Å². The van der Waals surface area contributed by atoms with Gasteiger partial charge in [-0.2, -0.15) is 4.99 Å². The van der Waals surface area contributed by atoms with Crippen LogP contribution in [0.5, 0.6) is 0 Å². The van der Waals surface area contributed by atoms with Gasteiger partial charge in [0.1, 0.15) is 5.60 Å². The third-order valence-corrected chi connectivity index (χ3v) is 5.21. The second-order valence-electron chi connectivity index (χ2n) is 8.76. The Kier molecular flexibility index (Phi) is 6.00. The van der Waals surface area contributed by atoms with E-state index < -0.39 is 11.7 Å². The fourth-order valence-electron chi connectivity index (χ4n) is 3.68. The first-order chi connectivity index (χ1) is 12.4. The maximum atomic E-state index is 11.8. The van der Waals surface area contributed by atoms with E-state index >= 15 is 0 Å². The van der Waals surface area contributed by atoms with Crippen LogP contribution in [0.25, 0.3) is 0 Å². The number of carbonyl (C=O) groups excluding carboxylic acids is 1. The van der Waals surface area contributed by atoms with Crippen LogP contribution in [0, 0.1) is 11.8 Å². The lowest BCUT2D eigenvalue weighted by Gasteiger charge is -2.38. The van der Waals surface area contributed by atoms with Crippen molar-refractivity contribution < 1.29 is 9.53 Å². The van der Waals surface area contributed by atoms with Gasteiger partial charge in [0.2, 0.25) is 0 Å². The van der Waals surface area contributed by atoms with Crippen molar-refractivity contribution in [1.29, 1.82) is 0 Å². The molecule has 0 N–H and O–H groups in total. The predicted octanol–water partition coefficient (Wildman–Crippen LogP) is 5.47. The van der Waals surface area contributed by atoms with Crippen LogP contribution in [0.1, 0.15) is 59.3 Å². The van der Waals surface area contributed by atoms with Crippen LogP contribution >= 0.6 is 0 Å². The Morgan fingerprint density at radius 3 is 2.35 bits per heavy atom. The molecule has 142 valence electrons. The lowest BCUT2D eigenvalue weighted by atomic mass is 9.85. The number of ether oxygens (including phenoxy) is 1. The molecule has 0 atom stereocenters. The van der Waals surface area contributed by atoms with Gasteiger partial charge in [0.05, 0.1) is 0 Å². The molecule has 4 nitrogen and oxygen atoms in total. The summed E-state index contributed by atoms with van der Waals surface area (Å²) in [7, 11) is 0. The molecule has 2 aliphatic carbocycles. The molecule has 0 bridgehead atoms. The van der Waals surface area contributed by atoms with Gasteiger partial charge in [-0.15, -0.1) is 0 Å². The van der Waals surface area contributed by atoms with Gasteiger partial charge in [-0.1, -0.05) is 18.2 Å². The summed E-state index contributed by atoms with van der Waals surface area (Å²) in [5.74, 6) is 1.26. The number of hydrogen-bond acceptors (Lipinski definition) is 3. The van der Waals surface area contributed by atoms with Crippen molar-refractivity contribution in [3.63, 3.8) is 0 Å². The molecule has 2 aliphatic rings. The molecule has 1 amide bonds. The third kappa shape index (κ3) is 5.86. The largest absolute Gasteiger partial charge is 0.442 e. The molecule has 26 heavy (non-hydrogen) atoms.